The second-order valence-corrected chi connectivity index (χ2v) is 5.82. The number of benzene rings is 1. The minimum atomic E-state index is -0.356. The molecule has 0 radical (unpaired) electrons. The van der Waals surface area contributed by atoms with Crippen molar-refractivity contribution in [2.24, 2.45) is 0 Å². The number of methoxy groups -OCH3 is 2. The van der Waals surface area contributed by atoms with E-state index in [9.17, 15) is 0 Å². The molecule has 1 heterocycles. The number of thioether (sulfide) groups is 1. The second-order valence-electron chi connectivity index (χ2n) is 3.96. The van der Waals surface area contributed by atoms with Gasteiger partial charge in [0, 0.05) is 24.4 Å². The Labute approximate surface area is 130 Å². The number of halogens is 1. The van der Waals surface area contributed by atoms with E-state index in [1.54, 1.807) is 30.7 Å². The first kappa shape index (κ1) is 15.4. The summed E-state index contributed by atoms with van der Waals surface area (Å²) in [5.41, 5.74) is 1.21. The fourth-order valence-electron chi connectivity index (χ4n) is 1.53. The maximum absolute atomic E-state index is 5.15. The van der Waals surface area contributed by atoms with Crippen LogP contribution >= 0.6 is 27.7 Å². The Hall–Kier alpha value is -0.960. The minimum absolute atomic E-state index is 0.356. The first-order valence-electron chi connectivity index (χ1n) is 5.92. The van der Waals surface area contributed by atoms with Gasteiger partial charge in [0.05, 0.1) is 6.54 Å². The topological polar surface area (TPSA) is 62.1 Å². The Bertz CT molecular complexity index is 531. The Morgan fingerprint density at radius 1 is 1.25 bits per heavy atom. The van der Waals surface area contributed by atoms with E-state index in [-0.39, 0.29) is 6.29 Å². The molecular formula is C12H15BrN4O2S. The van der Waals surface area contributed by atoms with Crippen LogP contribution in [0.15, 0.2) is 33.9 Å². The summed E-state index contributed by atoms with van der Waals surface area (Å²) in [5, 5.41) is 12.4. The van der Waals surface area contributed by atoms with Gasteiger partial charge < -0.3 is 9.47 Å². The predicted molar refractivity (Wildman–Crippen MR) is 79.3 cm³/mol. The molecule has 0 aliphatic rings. The zero-order valence-corrected chi connectivity index (χ0v) is 13.6. The average molecular weight is 359 g/mol. The van der Waals surface area contributed by atoms with Crippen LogP contribution in [0.2, 0.25) is 0 Å². The first-order chi connectivity index (χ1) is 9.72. The predicted octanol–water partition coefficient (Wildman–Crippen LogP) is 2.35. The highest BCUT2D eigenvalue weighted by Crippen LogP contribution is 2.21. The van der Waals surface area contributed by atoms with Crippen LogP contribution in [-0.2, 0) is 21.8 Å². The Morgan fingerprint density at radius 2 is 1.95 bits per heavy atom. The highest BCUT2D eigenvalue weighted by molar-refractivity contribution is 9.10. The average Bonchev–Trinajstić information content (AvgIpc) is 2.91. The smallest absolute Gasteiger partial charge is 0.209 e. The third-order valence-electron chi connectivity index (χ3n) is 2.63. The van der Waals surface area contributed by atoms with E-state index in [1.807, 2.05) is 12.1 Å². The van der Waals surface area contributed by atoms with Crippen LogP contribution in [0.4, 0.5) is 0 Å². The number of rotatable bonds is 7. The van der Waals surface area contributed by atoms with Crippen molar-refractivity contribution >= 4 is 27.7 Å². The van der Waals surface area contributed by atoms with E-state index >= 15 is 0 Å². The molecule has 2 rings (SSSR count). The molecule has 6 nitrogen and oxygen atoms in total. The molecule has 0 atom stereocenters. The van der Waals surface area contributed by atoms with Crippen molar-refractivity contribution < 1.29 is 9.47 Å². The van der Waals surface area contributed by atoms with Crippen LogP contribution in [0.1, 0.15) is 5.56 Å². The summed E-state index contributed by atoms with van der Waals surface area (Å²) in [6.45, 7) is 0.461. The lowest BCUT2D eigenvalue weighted by molar-refractivity contribution is -0.113. The SMILES string of the molecule is COC(Cn1nnnc1SCc1ccc(Br)cc1)OC. The molecule has 0 N–H and O–H groups in total. The van der Waals surface area contributed by atoms with Gasteiger partial charge in [-0.1, -0.05) is 39.8 Å². The summed E-state index contributed by atoms with van der Waals surface area (Å²) in [5.74, 6) is 0.804. The number of hydrogen-bond donors (Lipinski definition) is 0. The van der Waals surface area contributed by atoms with Gasteiger partial charge in [-0.25, -0.2) is 4.68 Å². The largest absolute Gasteiger partial charge is 0.354 e. The van der Waals surface area contributed by atoms with Crippen molar-refractivity contribution in [1.82, 2.24) is 20.2 Å². The van der Waals surface area contributed by atoms with Gasteiger partial charge in [0.15, 0.2) is 6.29 Å². The van der Waals surface area contributed by atoms with E-state index < -0.39 is 0 Å². The maximum atomic E-state index is 5.15. The second kappa shape index (κ2) is 7.72. The van der Waals surface area contributed by atoms with E-state index in [2.05, 4.69) is 43.6 Å². The van der Waals surface area contributed by atoms with Crippen LogP contribution in [0, 0.1) is 0 Å². The molecule has 0 bridgehead atoms. The molecular weight excluding hydrogens is 344 g/mol. The highest BCUT2D eigenvalue weighted by Gasteiger charge is 2.12. The zero-order chi connectivity index (χ0) is 14.4. The van der Waals surface area contributed by atoms with Gasteiger partial charge >= 0.3 is 0 Å². The Morgan fingerprint density at radius 3 is 2.60 bits per heavy atom. The molecule has 0 spiro atoms. The standard InChI is InChI=1S/C12H15BrN4O2S/c1-18-11(19-2)7-17-12(14-15-16-17)20-8-9-3-5-10(13)6-4-9/h3-6,11H,7-8H2,1-2H3. The molecule has 0 aliphatic heterocycles. The van der Waals surface area contributed by atoms with Crippen LogP contribution in [0.25, 0.3) is 0 Å². The van der Waals surface area contributed by atoms with Crippen molar-refractivity contribution in [2.45, 2.75) is 23.7 Å². The normalized spacial score (nSPS) is 11.2. The minimum Gasteiger partial charge on any atom is -0.354 e. The number of aromatic nitrogens is 4. The molecule has 108 valence electrons. The van der Waals surface area contributed by atoms with Gasteiger partial charge in [-0.05, 0) is 28.1 Å². The third kappa shape index (κ3) is 4.27. The van der Waals surface area contributed by atoms with E-state index in [0.717, 1.165) is 15.4 Å². The van der Waals surface area contributed by atoms with E-state index in [4.69, 9.17) is 9.47 Å². The zero-order valence-electron chi connectivity index (χ0n) is 11.2. The van der Waals surface area contributed by atoms with Crippen molar-refractivity contribution in [2.75, 3.05) is 14.2 Å². The monoisotopic (exact) mass is 358 g/mol. The molecule has 0 amide bonds. The summed E-state index contributed by atoms with van der Waals surface area (Å²) in [7, 11) is 3.18. The van der Waals surface area contributed by atoms with Crippen molar-refractivity contribution in [3.05, 3.63) is 34.3 Å². The fourth-order valence-corrected chi connectivity index (χ4v) is 2.64. The molecule has 0 aliphatic carbocycles. The lowest BCUT2D eigenvalue weighted by Crippen LogP contribution is -2.21. The fraction of sp³-hybridized carbons (Fsp3) is 0.417. The van der Waals surface area contributed by atoms with Crippen molar-refractivity contribution in [1.29, 1.82) is 0 Å². The van der Waals surface area contributed by atoms with Crippen molar-refractivity contribution in [3.63, 3.8) is 0 Å². The summed E-state index contributed by atoms with van der Waals surface area (Å²) in [6, 6.07) is 8.17. The molecule has 1 aromatic heterocycles. The van der Waals surface area contributed by atoms with Gasteiger partial charge in [0.25, 0.3) is 0 Å². The van der Waals surface area contributed by atoms with Crippen LogP contribution in [-0.4, -0.2) is 40.7 Å². The van der Waals surface area contributed by atoms with Gasteiger partial charge in [-0.15, -0.1) is 5.10 Å². The number of tetrazole rings is 1. The van der Waals surface area contributed by atoms with Gasteiger partial charge in [-0.2, -0.15) is 0 Å². The van der Waals surface area contributed by atoms with E-state index in [0.29, 0.717) is 6.54 Å². The van der Waals surface area contributed by atoms with Crippen LogP contribution < -0.4 is 0 Å². The molecule has 20 heavy (non-hydrogen) atoms. The maximum Gasteiger partial charge on any atom is 0.209 e. The van der Waals surface area contributed by atoms with E-state index in [1.165, 1.54) is 5.56 Å². The highest BCUT2D eigenvalue weighted by atomic mass is 79.9. The molecule has 0 fully saturated rings. The summed E-state index contributed by atoms with van der Waals surface area (Å²) in [4.78, 5) is 0. The molecule has 1 aromatic carbocycles. The van der Waals surface area contributed by atoms with Crippen LogP contribution in [0.5, 0.6) is 0 Å². The third-order valence-corrected chi connectivity index (χ3v) is 4.18. The molecule has 0 unspecified atom stereocenters. The Kier molecular flexibility index (Phi) is 5.96. The quantitative estimate of drug-likeness (QED) is 0.559. The lowest BCUT2D eigenvalue weighted by Gasteiger charge is -2.13. The number of nitrogens with zero attached hydrogens (tertiary/aromatic N) is 4. The molecule has 0 saturated carbocycles. The lowest BCUT2D eigenvalue weighted by atomic mass is 10.2. The molecule has 8 heteroatoms. The number of hydrogen-bond acceptors (Lipinski definition) is 6. The molecule has 2 aromatic rings. The van der Waals surface area contributed by atoms with Crippen LogP contribution in [0.3, 0.4) is 0 Å². The van der Waals surface area contributed by atoms with Gasteiger partial charge in [0.1, 0.15) is 0 Å². The van der Waals surface area contributed by atoms with Crippen molar-refractivity contribution in [3.8, 4) is 0 Å². The first-order valence-corrected chi connectivity index (χ1v) is 7.69. The number of ether oxygens (including phenoxy) is 2. The Balaban J connectivity index is 1.96. The summed E-state index contributed by atoms with van der Waals surface area (Å²) in [6.07, 6.45) is -0.356. The molecule has 0 saturated heterocycles. The summed E-state index contributed by atoms with van der Waals surface area (Å²) >= 11 is 4.99. The van der Waals surface area contributed by atoms with Gasteiger partial charge in [0.2, 0.25) is 5.16 Å². The van der Waals surface area contributed by atoms with Gasteiger partial charge in [-0.3, -0.25) is 0 Å². The summed E-state index contributed by atoms with van der Waals surface area (Å²) < 4.78 is 13.1.